The maximum atomic E-state index is 6.33. The summed E-state index contributed by atoms with van der Waals surface area (Å²) in [5.41, 5.74) is 11.2. The molecule has 3 heteroatoms. The third-order valence-electron chi connectivity index (χ3n) is 4.00. The molecule has 2 aromatic carbocycles. The van der Waals surface area contributed by atoms with Crippen molar-refractivity contribution in [2.45, 2.75) is 20.4 Å². The minimum Gasteiger partial charge on any atom is -0.497 e. The molecule has 0 aliphatic carbocycles. The summed E-state index contributed by atoms with van der Waals surface area (Å²) in [5, 5.41) is 1.01. The van der Waals surface area contributed by atoms with Crippen LogP contribution in [0.1, 0.15) is 23.7 Å². The number of aromatic nitrogens is 1. The van der Waals surface area contributed by atoms with Crippen molar-refractivity contribution in [3.63, 3.8) is 0 Å². The van der Waals surface area contributed by atoms with E-state index in [4.69, 9.17) is 10.5 Å². The number of nitrogens with zero attached hydrogens (tertiary/aromatic N) is 1. The molecule has 0 unspecified atom stereocenters. The molecule has 0 atom stereocenters. The fraction of sp³-hybridized carbons (Fsp3) is 0.200. The third kappa shape index (κ3) is 2.76. The van der Waals surface area contributed by atoms with Gasteiger partial charge in [0, 0.05) is 23.6 Å². The lowest BCUT2D eigenvalue weighted by Gasteiger charge is -2.04. The number of fused-ring (bicyclic) bond motifs is 1. The summed E-state index contributed by atoms with van der Waals surface area (Å²) in [4.78, 5) is 0. The molecule has 3 rings (SSSR count). The van der Waals surface area contributed by atoms with Crippen LogP contribution in [0.5, 0.6) is 5.75 Å². The van der Waals surface area contributed by atoms with Gasteiger partial charge in [0.25, 0.3) is 0 Å². The predicted octanol–water partition coefficient (Wildman–Crippen LogP) is 3.96. The van der Waals surface area contributed by atoms with Gasteiger partial charge in [-0.05, 0) is 44.0 Å². The maximum absolute atomic E-state index is 6.33. The molecule has 0 bridgehead atoms. The Morgan fingerprint density at radius 1 is 1.09 bits per heavy atom. The van der Waals surface area contributed by atoms with Crippen molar-refractivity contribution < 1.29 is 4.74 Å². The first kappa shape index (κ1) is 15.1. The molecule has 0 radical (unpaired) electrons. The second-order valence-electron chi connectivity index (χ2n) is 5.51. The first-order chi connectivity index (χ1) is 11.1. The Morgan fingerprint density at radius 3 is 2.48 bits per heavy atom. The van der Waals surface area contributed by atoms with Crippen molar-refractivity contribution >= 4 is 16.6 Å². The highest BCUT2D eigenvalue weighted by Crippen LogP contribution is 2.31. The number of aryl methyl sites for hydroxylation is 2. The summed E-state index contributed by atoms with van der Waals surface area (Å²) in [6, 6.07) is 14.1. The Balaban J connectivity index is 2.14. The number of ether oxygens (including phenoxy) is 1. The van der Waals surface area contributed by atoms with E-state index in [1.54, 1.807) is 7.11 Å². The molecule has 0 saturated carbocycles. The summed E-state index contributed by atoms with van der Waals surface area (Å²) in [6.07, 6.45) is 0. The first-order valence-corrected chi connectivity index (χ1v) is 7.68. The molecule has 3 aromatic rings. The molecule has 2 N–H and O–H groups in total. The van der Waals surface area contributed by atoms with Gasteiger partial charge in [-0.2, -0.15) is 0 Å². The summed E-state index contributed by atoms with van der Waals surface area (Å²) in [5.74, 6) is 7.28. The Labute approximate surface area is 136 Å². The Morgan fingerprint density at radius 2 is 1.83 bits per heavy atom. The van der Waals surface area contributed by atoms with Crippen molar-refractivity contribution in [3.8, 4) is 17.6 Å². The van der Waals surface area contributed by atoms with Crippen LogP contribution in [0.3, 0.4) is 0 Å². The second-order valence-corrected chi connectivity index (χ2v) is 5.51. The minimum absolute atomic E-state index is 0.726. The molecule has 1 aromatic heterocycles. The first-order valence-electron chi connectivity index (χ1n) is 7.68. The van der Waals surface area contributed by atoms with Crippen LogP contribution in [0.15, 0.2) is 42.5 Å². The zero-order valence-electron chi connectivity index (χ0n) is 13.7. The zero-order valence-corrected chi connectivity index (χ0v) is 13.7. The van der Waals surface area contributed by atoms with E-state index >= 15 is 0 Å². The number of methoxy groups -OCH3 is 1. The van der Waals surface area contributed by atoms with E-state index in [-0.39, 0.29) is 0 Å². The molecule has 23 heavy (non-hydrogen) atoms. The van der Waals surface area contributed by atoms with Crippen LogP contribution in [-0.2, 0) is 6.54 Å². The van der Waals surface area contributed by atoms with E-state index in [9.17, 15) is 0 Å². The van der Waals surface area contributed by atoms with Crippen LogP contribution in [0, 0.1) is 18.8 Å². The second kappa shape index (κ2) is 6.10. The predicted molar refractivity (Wildman–Crippen MR) is 95.7 cm³/mol. The molecule has 1 heterocycles. The molecule has 0 saturated heterocycles. The summed E-state index contributed by atoms with van der Waals surface area (Å²) < 4.78 is 7.45. The van der Waals surface area contributed by atoms with Gasteiger partial charge in [0.15, 0.2) is 0 Å². The van der Waals surface area contributed by atoms with Crippen molar-refractivity contribution in [1.29, 1.82) is 0 Å². The lowest BCUT2D eigenvalue weighted by Crippen LogP contribution is -1.99. The lowest BCUT2D eigenvalue weighted by atomic mass is 10.1. The molecular formula is C20H20N2O. The molecule has 0 fully saturated rings. The highest BCUT2D eigenvalue weighted by atomic mass is 16.5. The highest BCUT2D eigenvalue weighted by Gasteiger charge is 2.13. The number of nitrogen functional groups attached to an aromatic ring is 1. The van der Waals surface area contributed by atoms with Gasteiger partial charge < -0.3 is 15.0 Å². The highest BCUT2D eigenvalue weighted by molar-refractivity contribution is 5.96. The van der Waals surface area contributed by atoms with Crippen LogP contribution >= 0.6 is 0 Å². The van der Waals surface area contributed by atoms with Gasteiger partial charge in [-0.1, -0.05) is 23.6 Å². The SMILES string of the molecule is CCn1c(C#Cc2ccc(C)cc2)c(N)c2ccc(OC)cc21. The van der Waals surface area contributed by atoms with Crippen molar-refractivity contribution in [2.75, 3.05) is 12.8 Å². The topological polar surface area (TPSA) is 40.2 Å². The monoisotopic (exact) mass is 304 g/mol. The molecule has 116 valence electrons. The van der Waals surface area contributed by atoms with E-state index < -0.39 is 0 Å². The quantitative estimate of drug-likeness (QED) is 0.728. The number of rotatable bonds is 2. The van der Waals surface area contributed by atoms with Gasteiger partial charge in [0.05, 0.1) is 18.3 Å². The van der Waals surface area contributed by atoms with Crippen LogP contribution in [0.4, 0.5) is 5.69 Å². The molecule has 0 spiro atoms. The summed E-state index contributed by atoms with van der Waals surface area (Å²) in [6.45, 7) is 4.96. The fourth-order valence-corrected chi connectivity index (χ4v) is 2.71. The maximum Gasteiger partial charge on any atom is 0.120 e. The molecule has 0 aliphatic heterocycles. The van der Waals surface area contributed by atoms with Crippen molar-refractivity contribution in [3.05, 3.63) is 59.3 Å². The number of hydrogen-bond donors (Lipinski definition) is 1. The number of benzene rings is 2. The van der Waals surface area contributed by atoms with Gasteiger partial charge in [0.1, 0.15) is 11.4 Å². The molecule has 0 aliphatic rings. The van der Waals surface area contributed by atoms with Crippen molar-refractivity contribution in [1.82, 2.24) is 4.57 Å². The van der Waals surface area contributed by atoms with Gasteiger partial charge >= 0.3 is 0 Å². The van der Waals surface area contributed by atoms with Crippen LogP contribution in [-0.4, -0.2) is 11.7 Å². The molecule has 0 amide bonds. The summed E-state index contributed by atoms with van der Waals surface area (Å²) >= 11 is 0. The molecule has 3 nitrogen and oxygen atoms in total. The average Bonchev–Trinajstić information content (AvgIpc) is 2.85. The van der Waals surface area contributed by atoms with E-state index in [1.165, 1.54) is 5.56 Å². The Kier molecular flexibility index (Phi) is 3.99. The molecular weight excluding hydrogens is 284 g/mol. The van der Waals surface area contributed by atoms with Gasteiger partial charge in [-0.25, -0.2) is 0 Å². The third-order valence-corrected chi connectivity index (χ3v) is 4.00. The fourth-order valence-electron chi connectivity index (χ4n) is 2.71. The average molecular weight is 304 g/mol. The largest absolute Gasteiger partial charge is 0.497 e. The number of hydrogen-bond acceptors (Lipinski definition) is 2. The van der Waals surface area contributed by atoms with E-state index in [0.717, 1.165) is 40.1 Å². The number of nitrogens with two attached hydrogens (primary N) is 1. The van der Waals surface area contributed by atoms with Crippen LogP contribution in [0.25, 0.3) is 10.9 Å². The zero-order chi connectivity index (χ0) is 16.4. The van der Waals surface area contributed by atoms with Crippen LogP contribution in [0.2, 0.25) is 0 Å². The smallest absolute Gasteiger partial charge is 0.120 e. The number of anilines is 1. The summed E-state index contributed by atoms with van der Waals surface area (Å²) in [7, 11) is 1.67. The van der Waals surface area contributed by atoms with Gasteiger partial charge in [0.2, 0.25) is 0 Å². The van der Waals surface area contributed by atoms with Gasteiger partial charge in [-0.3, -0.25) is 0 Å². The minimum atomic E-state index is 0.726. The van der Waals surface area contributed by atoms with E-state index in [1.807, 2.05) is 30.3 Å². The normalized spacial score (nSPS) is 10.4. The lowest BCUT2D eigenvalue weighted by molar-refractivity contribution is 0.415. The van der Waals surface area contributed by atoms with Crippen molar-refractivity contribution in [2.24, 2.45) is 0 Å². The van der Waals surface area contributed by atoms with Gasteiger partial charge in [-0.15, -0.1) is 0 Å². The Hall–Kier alpha value is -2.86. The van der Waals surface area contributed by atoms with E-state index in [0.29, 0.717) is 0 Å². The van der Waals surface area contributed by atoms with Crippen LogP contribution < -0.4 is 10.5 Å². The van der Waals surface area contributed by atoms with E-state index in [2.05, 4.69) is 42.4 Å². The Bertz CT molecular complexity index is 909. The standard InChI is InChI=1S/C20H20N2O/c1-4-22-18(12-9-15-7-5-14(2)6-8-15)20(21)17-11-10-16(23-3)13-19(17)22/h5-8,10-11,13H,4,21H2,1-3H3.